The Kier molecular flexibility index (Phi) is 14.0. The van der Waals surface area contributed by atoms with Crippen LogP contribution in [0.1, 0.15) is 0 Å². The lowest BCUT2D eigenvalue weighted by molar-refractivity contribution is -0.137. The molecular formula is C32H52N14O7. The van der Waals surface area contributed by atoms with Gasteiger partial charge in [-0.1, -0.05) is 0 Å². The molecule has 2 saturated heterocycles. The maximum absolute atomic E-state index is 12.4. The van der Waals surface area contributed by atoms with Gasteiger partial charge in [-0.3, -0.25) is 47.2 Å². The number of imidazole rings is 2. The number of aryl methyl sites for hydroxylation is 2. The predicted molar refractivity (Wildman–Crippen MR) is 198 cm³/mol. The lowest BCUT2D eigenvalue weighted by Crippen LogP contribution is -2.47. The highest BCUT2D eigenvalue weighted by molar-refractivity contribution is 5.79. The third-order valence-corrected chi connectivity index (χ3v) is 9.44. The van der Waals surface area contributed by atoms with Gasteiger partial charge in [0.05, 0.1) is 12.7 Å². The maximum atomic E-state index is 12.4. The van der Waals surface area contributed by atoms with Gasteiger partial charge in [-0.05, 0) is 14.1 Å². The number of carbonyl (C=O) groups excluding carboxylic acids is 1. The maximum Gasteiger partial charge on any atom is 0.332 e. The van der Waals surface area contributed by atoms with Crippen LogP contribution >= 0.6 is 0 Å². The van der Waals surface area contributed by atoms with Crippen LogP contribution in [0.2, 0.25) is 0 Å². The zero-order chi connectivity index (χ0) is 39.0. The van der Waals surface area contributed by atoms with E-state index in [9.17, 15) is 28.8 Å². The number of hydrogen-bond acceptors (Lipinski definition) is 13. The lowest BCUT2D eigenvalue weighted by Gasteiger charge is -2.32. The van der Waals surface area contributed by atoms with Crippen molar-refractivity contribution in [3.8, 4) is 0 Å². The Morgan fingerprint density at radius 3 is 1.49 bits per heavy atom. The number of amides is 1. The summed E-state index contributed by atoms with van der Waals surface area (Å²) in [6, 6.07) is 0. The molecule has 0 aromatic carbocycles. The number of aliphatic carboxylic acids is 1. The molecular weight excluding hydrogens is 692 g/mol. The number of nitrogens with two attached hydrogens (primary N) is 1. The minimum absolute atomic E-state index is 0.00726. The molecule has 6 rings (SSSR count). The van der Waals surface area contributed by atoms with E-state index in [4.69, 9.17) is 10.8 Å². The Morgan fingerprint density at radius 1 is 0.660 bits per heavy atom. The number of piperazine rings is 2. The van der Waals surface area contributed by atoms with Gasteiger partial charge < -0.3 is 35.1 Å². The molecule has 0 aliphatic carbocycles. The van der Waals surface area contributed by atoms with E-state index in [2.05, 4.69) is 49.0 Å². The fourth-order valence-electron chi connectivity index (χ4n) is 6.07. The van der Waals surface area contributed by atoms with Gasteiger partial charge in [-0.15, -0.1) is 0 Å². The second kappa shape index (κ2) is 18.2. The van der Waals surface area contributed by atoms with Gasteiger partial charge in [-0.25, -0.2) is 19.6 Å². The number of carboxylic acid groups (broad SMARTS) is 1. The molecule has 0 saturated carbocycles. The van der Waals surface area contributed by atoms with Gasteiger partial charge in [-0.2, -0.15) is 0 Å². The summed E-state index contributed by atoms with van der Waals surface area (Å²) in [5, 5.41) is 11.6. The molecule has 292 valence electrons. The Bertz CT molecular complexity index is 2130. The average Bonchev–Trinajstić information content (AvgIpc) is 3.75. The largest absolute Gasteiger partial charge is 0.480 e. The average molecular weight is 745 g/mol. The summed E-state index contributed by atoms with van der Waals surface area (Å²) in [5.74, 6) is -1.27. The number of nitrogens with one attached hydrogen (secondary N) is 1. The molecule has 2 fully saturated rings. The number of fused-ring (bicyclic) bond motifs is 2. The van der Waals surface area contributed by atoms with Crippen molar-refractivity contribution >= 4 is 34.2 Å². The Labute approximate surface area is 305 Å². The molecule has 0 unspecified atom stereocenters. The first-order valence-electron chi connectivity index (χ1n) is 17.4. The molecule has 1 amide bonds. The first-order chi connectivity index (χ1) is 25.1. The predicted octanol–water partition coefficient (Wildman–Crippen LogP) is -4.49. The third kappa shape index (κ3) is 9.93. The summed E-state index contributed by atoms with van der Waals surface area (Å²) in [6.45, 7) is 11.7. The molecule has 53 heavy (non-hydrogen) atoms. The first kappa shape index (κ1) is 40.8. The number of aromatic nitrogens is 8. The van der Waals surface area contributed by atoms with Crippen molar-refractivity contribution < 1.29 is 14.7 Å². The summed E-state index contributed by atoms with van der Waals surface area (Å²) in [5.41, 5.74) is 4.32. The first-order valence-corrected chi connectivity index (χ1v) is 17.4. The lowest BCUT2D eigenvalue weighted by atomic mass is 10.3. The summed E-state index contributed by atoms with van der Waals surface area (Å²) in [7, 11) is 10.0. The molecule has 21 nitrogen and oxygen atoms in total. The van der Waals surface area contributed by atoms with Crippen molar-refractivity contribution in [1.29, 1.82) is 0 Å². The number of hydrogen-bond donors (Lipinski definition) is 3. The fraction of sp³-hybridized carbons (Fsp3) is 0.625. The highest BCUT2D eigenvalue weighted by Crippen LogP contribution is 2.06. The van der Waals surface area contributed by atoms with Crippen LogP contribution in [0.25, 0.3) is 22.3 Å². The molecule has 0 atom stereocenters. The van der Waals surface area contributed by atoms with Crippen LogP contribution in [0.4, 0.5) is 0 Å². The Morgan fingerprint density at radius 2 is 1.08 bits per heavy atom. The van der Waals surface area contributed by atoms with Gasteiger partial charge in [0.15, 0.2) is 22.3 Å². The van der Waals surface area contributed by atoms with Crippen LogP contribution in [0.3, 0.4) is 0 Å². The van der Waals surface area contributed by atoms with Crippen LogP contribution in [0, 0.1) is 0 Å². The Hall–Kier alpha value is -4.96. The number of nitrogens with zero attached hydrogens (tertiary/aromatic N) is 12. The SMILES string of the molecule is CN1CCN(CCN)CC1.CN1CCN(CCNC(=O)Cn2cnc3c2c(=O)n(C)c(=O)n3C)CC1.Cn1c(=O)c2c(ncn2CC(=O)O)n(C)c1=O. The van der Waals surface area contributed by atoms with Gasteiger partial charge >= 0.3 is 17.3 Å². The van der Waals surface area contributed by atoms with Crippen molar-refractivity contribution in [2.24, 2.45) is 33.9 Å². The summed E-state index contributed by atoms with van der Waals surface area (Å²) >= 11 is 0. The van der Waals surface area contributed by atoms with Crippen molar-refractivity contribution in [2.45, 2.75) is 13.1 Å². The van der Waals surface area contributed by atoms with Crippen LogP contribution in [0.5, 0.6) is 0 Å². The summed E-state index contributed by atoms with van der Waals surface area (Å²) in [6.07, 6.45) is 2.66. The number of rotatable bonds is 9. The number of carbonyl (C=O) groups is 2. The van der Waals surface area contributed by atoms with Crippen molar-refractivity contribution in [3.63, 3.8) is 0 Å². The van der Waals surface area contributed by atoms with Crippen molar-refractivity contribution in [3.05, 3.63) is 54.3 Å². The normalized spacial score (nSPS) is 15.9. The highest BCUT2D eigenvalue weighted by Gasteiger charge is 2.18. The molecule has 2 aliphatic rings. The fourth-order valence-corrected chi connectivity index (χ4v) is 6.07. The second-order valence-electron chi connectivity index (χ2n) is 13.3. The van der Waals surface area contributed by atoms with Gasteiger partial charge in [0.1, 0.15) is 13.1 Å². The van der Waals surface area contributed by atoms with Crippen molar-refractivity contribution in [2.75, 3.05) is 92.6 Å². The van der Waals surface area contributed by atoms with E-state index in [1.165, 1.54) is 78.2 Å². The Balaban J connectivity index is 0.000000198. The van der Waals surface area contributed by atoms with E-state index < -0.39 is 28.5 Å². The van der Waals surface area contributed by atoms with E-state index in [1.807, 2.05) is 0 Å². The molecule has 2 aliphatic heterocycles. The zero-order valence-electron chi connectivity index (χ0n) is 31.4. The van der Waals surface area contributed by atoms with E-state index in [0.29, 0.717) is 6.54 Å². The van der Waals surface area contributed by atoms with Crippen LogP contribution in [-0.4, -0.2) is 167 Å². The number of likely N-dealkylation sites (N-methyl/N-ethyl adjacent to an activating group) is 2. The molecule has 4 aromatic rings. The molecule has 0 radical (unpaired) electrons. The summed E-state index contributed by atoms with van der Waals surface area (Å²) < 4.78 is 7.14. The quantitative estimate of drug-likeness (QED) is 0.147. The van der Waals surface area contributed by atoms with Crippen LogP contribution < -0.4 is 33.5 Å². The highest BCUT2D eigenvalue weighted by atomic mass is 16.4. The summed E-state index contributed by atoms with van der Waals surface area (Å²) in [4.78, 5) is 88.0. The van der Waals surface area contributed by atoms with Gasteiger partial charge in [0.2, 0.25) is 5.91 Å². The van der Waals surface area contributed by atoms with Crippen LogP contribution in [-0.2, 0) is 50.9 Å². The van der Waals surface area contributed by atoms with E-state index >= 15 is 0 Å². The van der Waals surface area contributed by atoms with Gasteiger partial charge in [0.25, 0.3) is 11.1 Å². The zero-order valence-corrected chi connectivity index (χ0v) is 31.4. The van der Waals surface area contributed by atoms with Gasteiger partial charge in [0, 0.05) is 107 Å². The van der Waals surface area contributed by atoms with E-state index in [-0.39, 0.29) is 41.3 Å². The topological polar surface area (TPSA) is 229 Å². The molecule has 0 bridgehead atoms. The minimum atomic E-state index is -1.08. The minimum Gasteiger partial charge on any atom is -0.480 e. The van der Waals surface area contributed by atoms with E-state index in [0.717, 1.165) is 54.9 Å². The number of carboxylic acids is 1. The smallest absolute Gasteiger partial charge is 0.332 e. The monoisotopic (exact) mass is 744 g/mol. The van der Waals surface area contributed by atoms with Crippen molar-refractivity contribution in [1.82, 2.24) is 62.3 Å². The molecule has 6 heterocycles. The molecule has 4 N–H and O–H groups in total. The molecule has 21 heteroatoms. The molecule has 4 aromatic heterocycles. The second-order valence-corrected chi connectivity index (χ2v) is 13.3. The van der Waals surface area contributed by atoms with Crippen LogP contribution in [0.15, 0.2) is 31.8 Å². The van der Waals surface area contributed by atoms with E-state index in [1.54, 1.807) is 7.05 Å². The standard InChI is InChI=1S/C16H25N7O3.C9H10N4O4.C7H17N3/c1-19-6-8-22(9-7-19)5-4-17-12(24)10-23-11-18-14-13(23)15(25)21(3)16(26)20(14)2;1-11-7-6(8(16)12(2)9(11)17)13(4-10-7)3-5(14)15;1-9-4-6-10(3-2-8)7-5-9/h11H,4-10H2,1-3H3,(H,17,24);4H,3H2,1-2H3,(H,14,15);2-8H2,1H3. The molecule has 0 spiro atoms. The third-order valence-electron chi connectivity index (χ3n) is 9.44.